The second-order valence-electron chi connectivity index (χ2n) is 19.9. The molecular weight excluding hydrogens is 910 g/mol. The maximum atomic E-state index is 15.0. The van der Waals surface area contributed by atoms with Gasteiger partial charge in [0.2, 0.25) is 21.8 Å². The van der Waals surface area contributed by atoms with Crippen LogP contribution in [0.2, 0.25) is 0 Å². The number of rotatable bonds is 13. The number of ether oxygens (including phenoxy) is 4. The number of alkyl halides is 3. The molecule has 2 aromatic rings. The van der Waals surface area contributed by atoms with Crippen LogP contribution in [0.5, 0.6) is 11.5 Å². The molecule has 1 aromatic carbocycles. The van der Waals surface area contributed by atoms with E-state index in [-0.39, 0.29) is 49.3 Å². The number of alkyl carbamates (subject to hydrolysis) is 1. The van der Waals surface area contributed by atoms with Crippen molar-refractivity contribution in [3.63, 3.8) is 0 Å². The minimum atomic E-state index is -4.94. The van der Waals surface area contributed by atoms with Crippen LogP contribution in [0, 0.1) is 5.92 Å². The zero-order chi connectivity index (χ0) is 49.2. The number of hydrogen-bond donors (Lipinski definition) is 3. The highest BCUT2D eigenvalue weighted by Gasteiger charge is 2.63. The van der Waals surface area contributed by atoms with E-state index in [2.05, 4.69) is 25.2 Å². The maximum absolute atomic E-state index is 15.0. The fourth-order valence-corrected chi connectivity index (χ4v) is 10.7. The number of amides is 4. The molecule has 0 spiro atoms. The van der Waals surface area contributed by atoms with E-state index in [1.54, 1.807) is 39.2 Å². The number of carbonyl (C=O) groups is 4. The van der Waals surface area contributed by atoms with Gasteiger partial charge < -0.3 is 39.4 Å². The van der Waals surface area contributed by atoms with Gasteiger partial charge >= 0.3 is 12.3 Å². The van der Waals surface area contributed by atoms with Gasteiger partial charge in [-0.1, -0.05) is 31.9 Å². The van der Waals surface area contributed by atoms with E-state index in [4.69, 9.17) is 18.9 Å². The van der Waals surface area contributed by atoms with Crippen LogP contribution in [0.1, 0.15) is 122 Å². The van der Waals surface area contributed by atoms with Gasteiger partial charge in [0.15, 0.2) is 11.4 Å². The molecule has 376 valence electrons. The van der Waals surface area contributed by atoms with Gasteiger partial charge in [-0.05, 0) is 110 Å². The third-order valence-corrected chi connectivity index (χ3v) is 16.7. The van der Waals surface area contributed by atoms with Crippen LogP contribution in [0.3, 0.4) is 0 Å². The predicted molar refractivity (Wildman–Crippen MR) is 246 cm³/mol. The van der Waals surface area contributed by atoms with Crippen molar-refractivity contribution in [3.8, 4) is 11.5 Å². The van der Waals surface area contributed by atoms with Crippen molar-refractivity contribution >= 4 is 44.7 Å². The fourth-order valence-electron chi connectivity index (χ4n) is 9.44. The van der Waals surface area contributed by atoms with Crippen molar-refractivity contribution in [2.24, 2.45) is 5.92 Å². The summed E-state index contributed by atoms with van der Waals surface area (Å²) in [6, 6.07) is 2.17. The fraction of sp³-hybridized carbons (Fsp3) is 0.688. The Labute approximate surface area is 396 Å². The van der Waals surface area contributed by atoms with E-state index < -0.39 is 91.5 Å². The van der Waals surface area contributed by atoms with Gasteiger partial charge in [-0.3, -0.25) is 19.1 Å². The molecule has 0 radical (unpaired) electrons. The van der Waals surface area contributed by atoms with Gasteiger partial charge in [-0.25, -0.2) is 18.2 Å². The Morgan fingerprint density at radius 3 is 2.49 bits per heavy atom. The molecule has 4 amide bonds. The Balaban J connectivity index is 1.21. The molecule has 2 saturated carbocycles. The number of aryl methyl sites for hydroxylation is 1. The largest absolute Gasteiger partial charge is 0.490 e. The van der Waals surface area contributed by atoms with Crippen LogP contribution >= 0.6 is 0 Å². The SMILES string of the molecule is CCC(C)OC(=O)NC1CCCCCC=CC2CC2(C(=O)NS(=O)(=O)C2(C)CC2)NC(=O)C(CC2(C)CCc3c(c(C(F)(F)F)nc4ccc(OC5CCN(CCOC)CC5)cc34)O2)N(C)C1=O. The van der Waals surface area contributed by atoms with Crippen molar-refractivity contribution in [2.45, 2.75) is 164 Å². The maximum Gasteiger partial charge on any atom is 0.437 e. The molecule has 3 N–H and O–H groups in total. The van der Waals surface area contributed by atoms with Gasteiger partial charge in [-0.15, -0.1) is 0 Å². The number of halogens is 3. The predicted octanol–water partition coefficient (Wildman–Crippen LogP) is 6.33. The number of fused-ring (bicyclic) bond motifs is 4. The summed E-state index contributed by atoms with van der Waals surface area (Å²) in [5, 5.41) is 5.92. The summed E-state index contributed by atoms with van der Waals surface area (Å²) in [5.74, 6) is -3.05. The van der Waals surface area contributed by atoms with Crippen LogP contribution in [-0.4, -0.2) is 128 Å². The van der Waals surface area contributed by atoms with Crippen LogP contribution in [0.25, 0.3) is 10.9 Å². The lowest BCUT2D eigenvalue weighted by atomic mass is 9.85. The highest BCUT2D eigenvalue weighted by molar-refractivity contribution is 7.91. The van der Waals surface area contributed by atoms with E-state index in [0.717, 1.165) is 37.4 Å². The molecule has 6 atom stereocenters. The molecular formula is C48H67F3N6O10S. The molecule has 3 fully saturated rings. The topological polar surface area (TPSA) is 195 Å². The molecule has 16 nitrogen and oxygen atoms in total. The molecule has 1 saturated heterocycles. The number of nitrogens with one attached hydrogen (secondary N) is 3. The normalized spacial score (nSPS) is 27.6. The second kappa shape index (κ2) is 20.3. The number of allylic oxidation sites excluding steroid dienone is 1. The van der Waals surface area contributed by atoms with Gasteiger partial charge in [0.25, 0.3) is 5.91 Å². The number of likely N-dealkylation sites (N-methyl/N-ethyl adjacent to an activating group) is 1. The zero-order valence-electron chi connectivity index (χ0n) is 40.0. The summed E-state index contributed by atoms with van der Waals surface area (Å²) in [4.78, 5) is 64.3. The van der Waals surface area contributed by atoms with E-state index in [0.29, 0.717) is 62.7 Å². The Hall–Kier alpha value is -4.69. The van der Waals surface area contributed by atoms with E-state index in [9.17, 15) is 27.6 Å². The average molecular weight is 977 g/mol. The van der Waals surface area contributed by atoms with Gasteiger partial charge in [0.05, 0.1) is 16.9 Å². The lowest BCUT2D eigenvalue weighted by molar-refractivity contribution is -0.146. The highest BCUT2D eigenvalue weighted by Crippen LogP contribution is 2.49. The van der Waals surface area contributed by atoms with Crippen LogP contribution in [0.4, 0.5) is 18.0 Å². The molecule has 5 aliphatic rings. The number of piperidine rings is 1. The summed E-state index contributed by atoms with van der Waals surface area (Å²) >= 11 is 0. The van der Waals surface area contributed by atoms with Crippen molar-refractivity contribution in [1.82, 2.24) is 30.1 Å². The summed E-state index contributed by atoms with van der Waals surface area (Å²) in [7, 11) is -1.11. The molecule has 0 bridgehead atoms. The smallest absolute Gasteiger partial charge is 0.437 e. The lowest BCUT2D eigenvalue weighted by Crippen LogP contribution is -2.61. The Bertz CT molecular complexity index is 2360. The quantitative estimate of drug-likeness (QED) is 0.189. The van der Waals surface area contributed by atoms with Crippen LogP contribution < -0.4 is 24.8 Å². The molecule has 68 heavy (non-hydrogen) atoms. The summed E-state index contributed by atoms with van der Waals surface area (Å²) in [5.41, 5.74) is -4.10. The van der Waals surface area contributed by atoms with Crippen LogP contribution in [-0.2, 0) is 46.5 Å². The summed E-state index contributed by atoms with van der Waals surface area (Å²) in [6.07, 6.45) is 2.69. The Morgan fingerprint density at radius 2 is 1.81 bits per heavy atom. The minimum Gasteiger partial charge on any atom is -0.490 e. The van der Waals surface area contributed by atoms with E-state index in [1.165, 1.54) is 20.0 Å². The van der Waals surface area contributed by atoms with Crippen molar-refractivity contribution in [1.29, 1.82) is 0 Å². The molecule has 1 aromatic heterocycles. The number of likely N-dealkylation sites (tertiary alicyclic amines) is 1. The molecule has 20 heteroatoms. The third-order valence-electron chi connectivity index (χ3n) is 14.5. The molecule has 6 unspecified atom stereocenters. The zero-order valence-corrected chi connectivity index (χ0v) is 40.8. The number of hydrogen-bond acceptors (Lipinski definition) is 12. The number of methoxy groups -OCH3 is 1. The monoisotopic (exact) mass is 976 g/mol. The molecule has 2 aliphatic carbocycles. The van der Waals surface area contributed by atoms with Gasteiger partial charge in [-0.2, -0.15) is 13.2 Å². The number of nitrogens with zero attached hydrogens (tertiary/aromatic N) is 3. The number of benzene rings is 1. The Morgan fingerprint density at radius 1 is 1.07 bits per heavy atom. The number of pyridine rings is 1. The minimum absolute atomic E-state index is 0.0669. The first-order chi connectivity index (χ1) is 32.1. The van der Waals surface area contributed by atoms with Crippen molar-refractivity contribution in [2.75, 3.05) is 40.4 Å². The summed E-state index contributed by atoms with van der Waals surface area (Å²) < 4.78 is 96.3. The first-order valence-electron chi connectivity index (χ1n) is 24.0. The number of sulfonamides is 1. The first kappa shape index (κ1) is 51.2. The van der Waals surface area contributed by atoms with Crippen molar-refractivity contribution < 1.29 is 59.7 Å². The molecule has 4 heterocycles. The standard InChI is InChI=1S/C48H67F3N6O10S/c1-7-30(2)65-44(61)53-37-14-12-10-8-9-11-13-31-28-47(31,43(60)55-68(62,63)46(4)21-22-46)54-41(58)38(56(5)42(37)59)29-45(3)20-17-34-35-27-33(66-32-18-23-57(24-19-32)25-26-64-6)15-16-36(35)52-40(39(34)67-45)48(49,50)51/h11,13,15-16,27,30-32,37-38H,7-10,12,14,17-26,28-29H2,1-6H3,(H,53,61)(H,54,58)(H,55,60). The van der Waals surface area contributed by atoms with E-state index >= 15 is 13.2 Å². The van der Waals surface area contributed by atoms with Crippen LogP contribution in [0.15, 0.2) is 30.4 Å². The average Bonchev–Trinajstić information content (AvgIpc) is 4.22. The van der Waals surface area contributed by atoms with E-state index in [1.807, 2.05) is 13.0 Å². The molecule has 7 rings (SSSR count). The number of carbonyl (C=O) groups excluding carboxylic acids is 4. The van der Waals surface area contributed by atoms with Gasteiger partial charge in [0.1, 0.15) is 41.2 Å². The second-order valence-corrected chi connectivity index (χ2v) is 22.1. The highest BCUT2D eigenvalue weighted by atomic mass is 32.2. The first-order valence-corrected chi connectivity index (χ1v) is 25.5. The van der Waals surface area contributed by atoms with Gasteiger partial charge in [0, 0.05) is 57.1 Å². The third kappa shape index (κ3) is 11.5. The molecule has 3 aliphatic heterocycles. The lowest BCUT2D eigenvalue weighted by Gasteiger charge is -2.41. The summed E-state index contributed by atoms with van der Waals surface area (Å²) in [6.45, 7) is 9.70. The Kier molecular flexibility index (Phi) is 15.3. The van der Waals surface area contributed by atoms with Crippen molar-refractivity contribution in [3.05, 3.63) is 41.6 Å². The number of aromatic nitrogens is 1.